The van der Waals surface area contributed by atoms with Gasteiger partial charge in [-0.25, -0.2) is 0 Å². The molecule has 27 heavy (non-hydrogen) atoms. The van der Waals surface area contributed by atoms with Crippen LogP contribution in [0.2, 0.25) is 0 Å². The second kappa shape index (κ2) is 7.96. The normalized spacial score (nSPS) is 26.4. The molecule has 1 aromatic rings. The Labute approximate surface area is 157 Å². The average molecular weight is 377 g/mol. The van der Waals surface area contributed by atoms with E-state index in [0.29, 0.717) is 6.54 Å². The van der Waals surface area contributed by atoms with Crippen LogP contribution >= 0.6 is 0 Å². The minimum absolute atomic E-state index is 0.100. The van der Waals surface area contributed by atoms with E-state index in [4.69, 9.17) is 18.9 Å². The number of anilines is 1. The number of benzene rings is 1. The molecule has 8 heteroatoms. The van der Waals surface area contributed by atoms with Crippen LogP contribution in [0, 0.1) is 0 Å². The molecule has 0 aliphatic carbocycles. The topological polar surface area (TPSA) is 91.4 Å². The third kappa shape index (κ3) is 4.21. The zero-order valence-electron chi connectivity index (χ0n) is 15.5. The molecule has 1 saturated heterocycles. The van der Waals surface area contributed by atoms with E-state index in [0.717, 1.165) is 17.7 Å². The second-order valence-electron chi connectivity index (χ2n) is 6.59. The van der Waals surface area contributed by atoms with Crippen molar-refractivity contribution in [2.45, 2.75) is 51.7 Å². The monoisotopic (exact) mass is 377 g/mol. The van der Waals surface area contributed by atoms with Gasteiger partial charge in [-0.2, -0.15) is 0 Å². The van der Waals surface area contributed by atoms with Gasteiger partial charge in [0.15, 0.2) is 18.4 Å². The molecule has 1 fully saturated rings. The maximum Gasteiger partial charge on any atom is 0.303 e. The third-order valence-corrected chi connectivity index (χ3v) is 4.57. The molecular weight excluding hydrogens is 354 g/mol. The smallest absolute Gasteiger partial charge is 0.303 e. The lowest BCUT2D eigenvalue weighted by molar-refractivity contribution is -0.165. The van der Waals surface area contributed by atoms with Gasteiger partial charge in [0.25, 0.3) is 0 Å². The molecule has 0 saturated carbocycles. The standard InChI is InChI=1S/C19H23NO7/c1-11(21)24-10-16-17(25-12(2)22)18(26-13(3)23)19(27-16)20-9-8-14-6-4-5-7-15(14)20/h4-7,16-19H,8-10H2,1-3H3. The second-order valence-corrected chi connectivity index (χ2v) is 6.59. The first-order valence-electron chi connectivity index (χ1n) is 8.84. The lowest BCUT2D eigenvalue weighted by Crippen LogP contribution is -2.47. The van der Waals surface area contributed by atoms with E-state index in [1.54, 1.807) is 0 Å². The summed E-state index contributed by atoms with van der Waals surface area (Å²) in [7, 11) is 0. The molecule has 2 aliphatic rings. The lowest BCUT2D eigenvalue weighted by Gasteiger charge is -2.30. The minimum Gasteiger partial charge on any atom is -0.463 e. The van der Waals surface area contributed by atoms with Crippen LogP contribution in [0.25, 0.3) is 0 Å². The van der Waals surface area contributed by atoms with Crippen molar-refractivity contribution in [3.63, 3.8) is 0 Å². The molecule has 4 atom stereocenters. The van der Waals surface area contributed by atoms with Gasteiger partial charge < -0.3 is 23.8 Å². The largest absolute Gasteiger partial charge is 0.463 e. The number of hydrogen-bond acceptors (Lipinski definition) is 8. The van der Waals surface area contributed by atoms with Crippen LogP contribution < -0.4 is 4.90 Å². The van der Waals surface area contributed by atoms with E-state index in [1.807, 2.05) is 29.2 Å². The first kappa shape index (κ1) is 19.2. The van der Waals surface area contributed by atoms with Crippen LogP contribution in [-0.4, -0.2) is 55.6 Å². The van der Waals surface area contributed by atoms with Gasteiger partial charge in [0.05, 0.1) is 0 Å². The average Bonchev–Trinajstić information content (AvgIpc) is 3.15. The number of fused-ring (bicyclic) bond motifs is 1. The van der Waals surface area contributed by atoms with Gasteiger partial charge in [0.2, 0.25) is 0 Å². The number of ether oxygens (including phenoxy) is 4. The van der Waals surface area contributed by atoms with Crippen molar-refractivity contribution in [2.75, 3.05) is 18.1 Å². The van der Waals surface area contributed by atoms with Crippen LogP contribution in [0.1, 0.15) is 26.3 Å². The summed E-state index contributed by atoms with van der Waals surface area (Å²) in [6.07, 6.45) is -2.26. The van der Waals surface area contributed by atoms with Crippen molar-refractivity contribution >= 4 is 23.6 Å². The molecule has 0 spiro atoms. The summed E-state index contributed by atoms with van der Waals surface area (Å²) in [5, 5.41) is 0. The zero-order chi connectivity index (χ0) is 19.6. The maximum atomic E-state index is 11.7. The van der Waals surface area contributed by atoms with Crippen molar-refractivity contribution in [3.05, 3.63) is 29.8 Å². The number of esters is 3. The van der Waals surface area contributed by atoms with Gasteiger partial charge in [-0.3, -0.25) is 14.4 Å². The molecule has 3 rings (SSSR count). The summed E-state index contributed by atoms with van der Waals surface area (Å²) >= 11 is 0. The highest BCUT2D eigenvalue weighted by atomic mass is 16.7. The maximum absolute atomic E-state index is 11.7. The quantitative estimate of drug-likeness (QED) is 0.558. The Bertz CT molecular complexity index is 735. The van der Waals surface area contributed by atoms with Crippen LogP contribution in [0.5, 0.6) is 0 Å². The Balaban J connectivity index is 1.89. The Kier molecular flexibility index (Phi) is 5.65. The molecular formula is C19H23NO7. The van der Waals surface area contributed by atoms with Crippen molar-refractivity contribution in [1.29, 1.82) is 0 Å². The van der Waals surface area contributed by atoms with E-state index in [1.165, 1.54) is 20.8 Å². The molecule has 1 aromatic carbocycles. The molecule has 0 aromatic heterocycles. The molecule has 8 nitrogen and oxygen atoms in total. The highest BCUT2D eigenvalue weighted by Gasteiger charge is 2.52. The summed E-state index contributed by atoms with van der Waals surface area (Å²) in [5.41, 5.74) is 2.14. The van der Waals surface area contributed by atoms with E-state index in [2.05, 4.69) is 0 Å². The fraction of sp³-hybridized carbons (Fsp3) is 0.526. The van der Waals surface area contributed by atoms with Gasteiger partial charge in [0, 0.05) is 33.0 Å². The SMILES string of the molecule is CC(=O)OCC1OC(N2CCc3ccccc32)C(OC(C)=O)C1OC(C)=O. The lowest BCUT2D eigenvalue weighted by atomic mass is 10.1. The van der Waals surface area contributed by atoms with Gasteiger partial charge in [-0.15, -0.1) is 0 Å². The fourth-order valence-electron chi connectivity index (χ4n) is 3.57. The van der Waals surface area contributed by atoms with Gasteiger partial charge >= 0.3 is 17.9 Å². The Morgan fingerprint density at radius 1 is 1.04 bits per heavy atom. The first-order chi connectivity index (χ1) is 12.9. The predicted molar refractivity (Wildman–Crippen MR) is 93.9 cm³/mol. The summed E-state index contributed by atoms with van der Waals surface area (Å²) in [4.78, 5) is 36.5. The Hall–Kier alpha value is -2.61. The van der Waals surface area contributed by atoms with Crippen molar-refractivity contribution < 1.29 is 33.3 Å². The molecule has 0 N–H and O–H groups in total. The van der Waals surface area contributed by atoms with Crippen molar-refractivity contribution in [2.24, 2.45) is 0 Å². The predicted octanol–water partition coefficient (Wildman–Crippen LogP) is 1.20. The van der Waals surface area contributed by atoms with Crippen molar-refractivity contribution in [1.82, 2.24) is 0 Å². The molecule has 146 valence electrons. The molecule has 0 bridgehead atoms. The molecule has 0 radical (unpaired) electrons. The Morgan fingerprint density at radius 2 is 1.70 bits per heavy atom. The molecule has 2 aliphatic heterocycles. The van der Waals surface area contributed by atoms with Crippen LogP contribution in [0.4, 0.5) is 5.69 Å². The van der Waals surface area contributed by atoms with Crippen molar-refractivity contribution in [3.8, 4) is 0 Å². The highest BCUT2D eigenvalue weighted by molar-refractivity contribution is 5.68. The van der Waals surface area contributed by atoms with E-state index < -0.39 is 42.4 Å². The van der Waals surface area contributed by atoms with Crippen LogP contribution in [0.3, 0.4) is 0 Å². The summed E-state index contributed by atoms with van der Waals surface area (Å²) in [5.74, 6) is -1.51. The summed E-state index contributed by atoms with van der Waals surface area (Å²) in [6.45, 7) is 4.42. The number of rotatable bonds is 5. The zero-order valence-corrected chi connectivity index (χ0v) is 15.5. The van der Waals surface area contributed by atoms with Crippen LogP contribution in [-0.2, 0) is 39.8 Å². The van der Waals surface area contributed by atoms with E-state index in [-0.39, 0.29) is 6.61 Å². The number of para-hydroxylation sites is 1. The van der Waals surface area contributed by atoms with E-state index in [9.17, 15) is 14.4 Å². The number of nitrogens with zero attached hydrogens (tertiary/aromatic N) is 1. The number of carbonyl (C=O) groups is 3. The first-order valence-corrected chi connectivity index (χ1v) is 8.84. The summed E-state index contributed by atoms with van der Waals surface area (Å²) in [6, 6.07) is 7.89. The highest BCUT2D eigenvalue weighted by Crippen LogP contribution is 2.36. The van der Waals surface area contributed by atoms with Gasteiger partial charge in [-0.05, 0) is 18.1 Å². The summed E-state index contributed by atoms with van der Waals surface area (Å²) < 4.78 is 22.0. The Morgan fingerprint density at radius 3 is 2.37 bits per heavy atom. The molecule has 4 unspecified atom stereocenters. The molecule has 0 amide bonds. The minimum atomic E-state index is -0.872. The van der Waals surface area contributed by atoms with Gasteiger partial charge in [0.1, 0.15) is 12.7 Å². The fourth-order valence-corrected chi connectivity index (χ4v) is 3.57. The van der Waals surface area contributed by atoms with Gasteiger partial charge in [-0.1, -0.05) is 18.2 Å². The number of carbonyl (C=O) groups excluding carboxylic acids is 3. The third-order valence-electron chi connectivity index (χ3n) is 4.57. The van der Waals surface area contributed by atoms with Crippen LogP contribution in [0.15, 0.2) is 24.3 Å². The number of hydrogen-bond donors (Lipinski definition) is 0. The van der Waals surface area contributed by atoms with E-state index >= 15 is 0 Å². The molecule has 2 heterocycles.